The van der Waals surface area contributed by atoms with Gasteiger partial charge in [0.1, 0.15) is 0 Å². The zero-order valence-electron chi connectivity index (χ0n) is 12.4. The van der Waals surface area contributed by atoms with E-state index in [1.165, 1.54) is 18.4 Å². The summed E-state index contributed by atoms with van der Waals surface area (Å²) in [5.41, 5.74) is 7.07. The Kier molecular flexibility index (Phi) is 7.01. The van der Waals surface area contributed by atoms with Crippen molar-refractivity contribution < 1.29 is 0 Å². The van der Waals surface area contributed by atoms with E-state index >= 15 is 0 Å². The Labute approximate surface area is 117 Å². The van der Waals surface area contributed by atoms with Gasteiger partial charge in [-0.3, -0.25) is 0 Å². The Bertz CT molecular complexity index is 371. The van der Waals surface area contributed by atoms with Crippen LogP contribution in [0.2, 0.25) is 0 Å². The molecule has 0 amide bonds. The lowest BCUT2D eigenvalue weighted by molar-refractivity contribution is 0.493. The Balaban J connectivity index is 2.27. The van der Waals surface area contributed by atoms with Gasteiger partial charge in [-0.2, -0.15) is 0 Å². The van der Waals surface area contributed by atoms with E-state index in [0.29, 0.717) is 18.5 Å². The summed E-state index contributed by atoms with van der Waals surface area (Å²) < 4.78 is 0. The zero-order valence-corrected chi connectivity index (χ0v) is 12.4. The van der Waals surface area contributed by atoms with Crippen LogP contribution in [0.5, 0.6) is 0 Å². The highest BCUT2D eigenvalue weighted by molar-refractivity contribution is 5.78. The molecule has 0 heterocycles. The van der Waals surface area contributed by atoms with Crippen molar-refractivity contribution >= 4 is 5.96 Å². The first kappa shape index (κ1) is 15.5. The lowest BCUT2D eigenvalue weighted by Gasteiger charge is -2.15. The van der Waals surface area contributed by atoms with E-state index < -0.39 is 0 Å². The van der Waals surface area contributed by atoms with Crippen LogP contribution in [-0.4, -0.2) is 12.0 Å². The average molecular weight is 261 g/mol. The van der Waals surface area contributed by atoms with Crippen molar-refractivity contribution in [2.24, 2.45) is 16.6 Å². The molecule has 1 unspecified atom stereocenters. The van der Waals surface area contributed by atoms with Gasteiger partial charge in [-0.1, -0.05) is 57.0 Å². The molecule has 0 saturated carbocycles. The second kappa shape index (κ2) is 8.57. The molecule has 3 heteroatoms. The van der Waals surface area contributed by atoms with Crippen molar-refractivity contribution in [3.8, 4) is 0 Å². The summed E-state index contributed by atoms with van der Waals surface area (Å²) in [5.74, 6) is 1.32. The highest BCUT2D eigenvalue weighted by Gasteiger charge is 2.03. The van der Waals surface area contributed by atoms with Crippen LogP contribution in [0.3, 0.4) is 0 Å². The maximum Gasteiger partial charge on any atom is 0.189 e. The van der Waals surface area contributed by atoms with Gasteiger partial charge in [0.05, 0.1) is 6.54 Å². The molecular formula is C16H27N3. The molecule has 0 aliphatic heterocycles. The predicted molar refractivity (Wildman–Crippen MR) is 83.1 cm³/mol. The first-order chi connectivity index (χ1) is 9.08. The van der Waals surface area contributed by atoms with Gasteiger partial charge in [0.2, 0.25) is 0 Å². The second-order valence-corrected chi connectivity index (χ2v) is 5.56. The maximum absolute atomic E-state index is 5.89. The minimum atomic E-state index is 0.387. The molecule has 0 saturated heterocycles. The molecular weight excluding hydrogens is 234 g/mol. The molecule has 19 heavy (non-hydrogen) atoms. The van der Waals surface area contributed by atoms with Crippen molar-refractivity contribution in [3.63, 3.8) is 0 Å². The minimum absolute atomic E-state index is 0.387. The van der Waals surface area contributed by atoms with Gasteiger partial charge >= 0.3 is 0 Å². The van der Waals surface area contributed by atoms with Gasteiger partial charge in [0.25, 0.3) is 0 Å². The number of guanidine groups is 1. The first-order valence-corrected chi connectivity index (χ1v) is 7.18. The minimum Gasteiger partial charge on any atom is -0.370 e. The lowest BCUT2D eigenvalue weighted by Crippen LogP contribution is -2.38. The summed E-state index contributed by atoms with van der Waals surface area (Å²) in [6.07, 6.45) is 3.64. The van der Waals surface area contributed by atoms with Gasteiger partial charge < -0.3 is 11.1 Å². The fourth-order valence-electron chi connectivity index (χ4n) is 1.96. The molecule has 1 rings (SSSR count). The molecule has 0 spiro atoms. The van der Waals surface area contributed by atoms with E-state index in [9.17, 15) is 0 Å². The topological polar surface area (TPSA) is 50.4 Å². The van der Waals surface area contributed by atoms with Crippen molar-refractivity contribution in [1.29, 1.82) is 0 Å². The molecule has 0 aromatic heterocycles. The monoisotopic (exact) mass is 261 g/mol. The first-order valence-electron chi connectivity index (χ1n) is 7.18. The zero-order chi connectivity index (χ0) is 14.1. The third kappa shape index (κ3) is 7.50. The quantitative estimate of drug-likeness (QED) is 0.584. The summed E-state index contributed by atoms with van der Waals surface area (Å²) in [6, 6.07) is 10.5. The average Bonchev–Trinajstić information content (AvgIpc) is 2.37. The van der Waals surface area contributed by atoms with Gasteiger partial charge in [-0.05, 0) is 24.8 Å². The highest BCUT2D eigenvalue weighted by atomic mass is 15.1. The summed E-state index contributed by atoms with van der Waals surface area (Å²) in [6.45, 7) is 7.31. The van der Waals surface area contributed by atoms with E-state index in [1.807, 2.05) is 18.2 Å². The van der Waals surface area contributed by atoms with Crippen molar-refractivity contribution in [2.45, 2.75) is 52.6 Å². The predicted octanol–water partition coefficient (Wildman–Crippen LogP) is 3.31. The molecule has 3 N–H and O–H groups in total. The number of hydrogen-bond acceptors (Lipinski definition) is 1. The number of hydrogen-bond donors (Lipinski definition) is 2. The van der Waals surface area contributed by atoms with E-state index in [-0.39, 0.29) is 0 Å². The maximum atomic E-state index is 5.89. The van der Waals surface area contributed by atoms with E-state index in [2.05, 4.69) is 43.2 Å². The molecule has 1 atom stereocenters. The summed E-state index contributed by atoms with van der Waals surface area (Å²) >= 11 is 0. The number of aliphatic imine (C=N–C) groups is 1. The van der Waals surface area contributed by atoms with Crippen LogP contribution in [0.25, 0.3) is 0 Å². The van der Waals surface area contributed by atoms with Crippen molar-refractivity contribution in [1.82, 2.24) is 5.32 Å². The highest BCUT2D eigenvalue weighted by Crippen LogP contribution is 2.08. The van der Waals surface area contributed by atoms with Gasteiger partial charge in [-0.25, -0.2) is 4.99 Å². The standard InChI is InChI=1S/C16H27N3/c1-13(2)8-7-9-14(3)19-16(17)18-12-15-10-5-4-6-11-15/h4-6,10-11,13-14H,7-9,12H2,1-3H3,(H3,17,18,19). The second-order valence-electron chi connectivity index (χ2n) is 5.56. The Morgan fingerprint density at radius 3 is 2.47 bits per heavy atom. The molecule has 0 aliphatic carbocycles. The largest absolute Gasteiger partial charge is 0.370 e. The normalized spacial score (nSPS) is 13.6. The smallest absolute Gasteiger partial charge is 0.189 e. The van der Waals surface area contributed by atoms with Gasteiger partial charge in [0.15, 0.2) is 5.96 Å². The SMILES string of the molecule is CC(C)CCCC(C)NC(N)=NCc1ccccc1. The summed E-state index contributed by atoms with van der Waals surface area (Å²) in [5, 5.41) is 3.25. The number of benzene rings is 1. The fraction of sp³-hybridized carbons (Fsp3) is 0.562. The molecule has 1 aromatic carbocycles. The number of nitrogens with one attached hydrogen (secondary N) is 1. The Hall–Kier alpha value is -1.51. The Morgan fingerprint density at radius 1 is 1.16 bits per heavy atom. The lowest BCUT2D eigenvalue weighted by atomic mass is 10.0. The van der Waals surface area contributed by atoms with Crippen LogP contribution in [-0.2, 0) is 6.54 Å². The van der Waals surface area contributed by atoms with Crippen LogP contribution in [0.1, 0.15) is 45.6 Å². The fourth-order valence-corrected chi connectivity index (χ4v) is 1.96. The number of rotatable bonds is 7. The molecule has 3 nitrogen and oxygen atoms in total. The van der Waals surface area contributed by atoms with E-state index in [4.69, 9.17) is 5.73 Å². The summed E-state index contributed by atoms with van der Waals surface area (Å²) in [4.78, 5) is 4.36. The third-order valence-corrected chi connectivity index (χ3v) is 3.09. The Morgan fingerprint density at radius 2 is 1.84 bits per heavy atom. The van der Waals surface area contributed by atoms with Crippen LogP contribution < -0.4 is 11.1 Å². The van der Waals surface area contributed by atoms with E-state index in [0.717, 1.165) is 12.3 Å². The van der Waals surface area contributed by atoms with Crippen LogP contribution in [0.4, 0.5) is 0 Å². The molecule has 0 radical (unpaired) electrons. The van der Waals surface area contributed by atoms with Crippen LogP contribution in [0, 0.1) is 5.92 Å². The van der Waals surface area contributed by atoms with Gasteiger partial charge in [0, 0.05) is 6.04 Å². The van der Waals surface area contributed by atoms with E-state index in [1.54, 1.807) is 0 Å². The number of nitrogens with zero attached hydrogens (tertiary/aromatic N) is 1. The van der Waals surface area contributed by atoms with Crippen molar-refractivity contribution in [3.05, 3.63) is 35.9 Å². The van der Waals surface area contributed by atoms with Gasteiger partial charge in [-0.15, -0.1) is 0 Å². The molecule has 1 aromatic rings. The molecule has 106 valence electrons. The molecule has 0 fully saturated rings. The third-order valence-electron chi connectivity index (χ3n) is 3.09. The number of nitrogens with two attached hydrogens (primary N) is 1. The molecule has 0 aliphatic rings. The van der Waals surface area contributed by atoms with Crippen molar-refractivity contribution in [2.75, 3.05) is 0 Å². The summed E-state index contributed by atoms with van der Waals surface area (Å²) in [7, 11) is 0. The van der Waals surface area contributed by atoms with Crippen LogP contribution in [0.15, 0.2) is 35.3 Å². The molecule has 0 bridgehead atoms. The van der Waals surface area contributed by atoms with Crippen LogP contribution >= 0.6 is 0 Å².